The van der Waals surface area contributed by atoms with E-state index in [9.17, 15) is 4.79 Å². The van der Waals surface area contributed by atoms with Crippen molar-refractivity contribution in [3.05, 3.63) is 22.5 Å². The molecule has 0 atom stereocenters. The molecule has 0 amide bonds. The summed E-state index contributed by atoms with van der Waals surface area (Å²) in [7, 11) is 1.54. The van der Waals surface area contributed by atoms with Crippen molar-refractivity contribution in [2.24, 2.45) is 0 Å². The monoisotopic (exact) mass is 228 g/mol. The zero-order chi connectivity index (χ0) is 11.1. The van der Waals surface area contributed by atoms with Crippen LogP contribution in [0.3, 0.4) is 0 Å². The summed E-state index contributed by atoms with van der Waals surface area (Å²) >= 11 is 4.13. The summed E-state index contributed by atoms with van der Waals surface area (Å²) in [4.78, 5) is 11.4. The van der Waals surface area contributed by atoms with Crippen LogP contribution in [0.15, 0.2) is 16.9 Å². The van der Waals surface area contributed by atoms with Crippen LogP contribution < -0.4 is 10.3 Å². The number of unbranched alkanes of at least 4 members (excludes halogenated alkanes) is 2. The number of ether oxygens (including phenoxy) is 1. The molecule has 0 aromatic carbocycles. The first-order valence-electron chi connectivity index (χ1n) is 5.01. The zero-order valence-electron chi connectivity index (χ0n) is 8.85. The average Bonchev–Trinajstić information content (AvgIpc) is 2.26. The van der Waals surface area contributed by atoms with Crippen LogP contribution in [-0.4, -0.2) is 22.6 Å². The van der Waals surface area contributed by atoms with Crippen molar-refractivity contribution >= 4 is 12.6 Å². The standard InChI is InChI=1S/C10H16N2O2S/c1-14-9-5-6-10(13)12(11-9)7-3-2-4-8-15/h5-6,15H,2-4,7-8H2,1H3. The molecule has 84 valence electrons. The molecule has 0 aliphatic heterocycles. The van der Waals surface area contributed by atoms with E-state index in [0.717, 1.165) is 25.0 Å². The number of hydrogen-bond acceptors (Lipinski definition) is 4. The second-order valence-corrected chi connectivity index (χ2v) is 3.67. The molecule has 0 bridgehead atoms. The van der Waals surface area contributed by atoms with Crippen molar-refractivity contribution < 1.29 is 4.74 Å². The van der Waals surface area contributed by atoms with Gasteiger partial charge in [0.2, 0.25) is 5.88 Å². The predicted octanol–water partition coefficient (Wildman–Crippen LogP) is 1.35. The lowest BCUT2D eigenvalue weighted by molar-refractivity contribution is 0.373. The first-order valence-corrected chi connectivity index (χ1v) is 5.64. The molecule has 5 heteroatoms. The highest BCUT2D eigenvalue weighted by Gasteiger charge is 1.99. The molecule has 15 heavy (non-hydrogen) atoms. The van der Waals surface area contributed by atoms with Crippen molar-refractivity contribution in [3.63, 3.8) is 0 Å². The Morgan fingerprint density at radius 2 is 2.20 bits per heavy atom. The van der Waals surface area contributed by atoms with E-state index < -0.39 is 0 Å². The van der Waals surface area contributed by atoms with Crippen LogP contribution in [0.5, 0.6) is 5.88 Å². The van der Waals surface area contributed by atoms with Crippen LogP contribution in [0.2, 0.25) is 0 Å². The Balaban J connectivity index is 2.55. The molecule has 0 aliphatic rings. The molecule has 0 fully saturated rings. The van der Waals surface area contributed by atoms with Gasteiger partial charge in [-0.05, 0) is 18.6 Å². The topological polar surface area (TPSA) is 44.1 Å². The van der Waals surface area contributed by atoms with Gasteiger partial charge in [-0.25, -0.2) is 4.68 Å². The van der Waals surface area contributed by atoms with Crippen LogP contribution in [-0.2, 0) is 6.54 Å². The van der Waals surface area contributed by atoms with Crippen LogP contribution >= 0.6 is 12.6 Å². The summed E-state index contributed by atoms with van der Waals surface area (Å²) in [5.41, 5.74) is -0.0818. The maximum absolute atomic E-state index is 11.4. The minimum absolute atomic E-state index is 0.0818. The van der Waals surface area contributed by atoms with Crippen LogP contribution in [0.1, 0.15) is 19.3 Å². The highest BCUT2D eigenvalue weighted by molar-refractivity contribution is 7.80. The van der Waals surface area contributed by atoms with E-state index in [0.29, 0.717) is 12.4 Å². The van der Waals surface area contributed by atoms with Gasteiger partial charge in [0.15, 0.2) is 0 Å². The summed E-state index contributed by atoms with van der Waals surface area (Å²) in [6.45, 7) is 0.643. The highest BCUT2D eigenvalue weighted by Crippen LogP contribution is 2.02. The predicted molar refractivity (Wildman–Crippen MR) is 62.8 cm³/mol. The van der Waals surface area contributed by atoms with E-state index in [1.165, 1.54) is 17.9 Å². The maximum Gasteiger partial charge on any atom is 0.266 e. The third kappa shape index (κ3) is 3.95. The molecular formula is C10H16N2O2S. The van der Waals surface area contributed by atoms with Crippen molar-refractivity contribution in [1.29, 1.82) is 0 Å². The lowest BCUT2D eigenvalue weighted by Crippen LogP contribution is -2.22. The zero-order valence-corrected chi connectivity index (χ0v) is 9.74. The lowest BCUT2D eigenvalue weighted by Gasteiger charge is -2.05. The van der Waals surface area contributed by atoms with Gasteiger partial charge in [0.25, 0.3) is 5.56 Å². The first-order chi connectivity index (χ1) is 7.27. The number of aromatic nitrogens is 2. The Kier molecular flexibility index (Phi) is 5.25. The minimum atomic E-state index is -0.0818. The summed E-state index contributed by atoms with van der Waals surface area (Å²) in [6.07, 6.45) is 3.08. The van der Waals surface area contributed by atoms with E-state index in [2.05, 4.69) is 17.7 Å². The van der Waals surface area contributed by atoms with Gasteiger partial charge in [0.1, 0.15) is 0 Å². The third-order valence-corrected chi connectivity index (χ3v) is 2.40. The van der Waals surface area contributed by atoms with Crippen LogP contribution in [0.4, 0.5) is 0 Å². The van der Waals surface area contributed by atoms with Crippen LogP contribution in [0.25, 0.3) is 0 Å². The molecule has 0 saturated heterocycles. The summed E-state index contributed by atoms with van der Waals surface area (Å²) in [6, 6.07) is 3.05. The quantitative estimate of drug-likeness (QED) is 0.590. The molecular weight excluding hydrogens is 212 g/mol. The van der Waals surface area contributed by atoms with Gasteiger partial charge in [-0.15, -0.1) is 5.10 Å². The van der Waals surface area contributed by atoms with Crippen molar-refractivity contribution in [2.75, 3.05) is 12.9 Å². The van der Waals surface area contributed by atoms with E-state index in [1.54, 1.807) is 6.07 Å². The Morgan fingerprint density at radius 1 is 1.40 bits per heavy atom. The van der Waals surface area contributed by atoms with E-state index in [4.69, 9.17) is 4.74 Å². The smallest absolute Gasteiger partial charge is 0.266 e. The molecule has 1 aromatic rings. The van der Waals surface area contributed by atoms with Gasteiger partial charge < -0.3 is 4.74 Å². The number of thiol groups is 1. The van der Waals surface area contributed by atoms with Gasteiger partial charge in [-0.3, -0.25) is 4.79 Å². The summed E-state index contributed by atoms with van der Waals surface area (Å²) in [5.74, 6) is 1.37. The second-order valence-electron chi connectivity index (χ2n) is 3.22. The Morgan fingerprint density at radius 3 is 2.87 bits per heavy atom. The fourth-order valence-electron chi connectivity index (χ4n) is 1.25. The normalized spacial score (nSPS) is 10.3. The number of hydrogen-bond donors (Lipinski definition) is 1. The van der Waals surface area contributed by atoms with Crippen molar-refractivity contribution in [3.8, 4) is 5.88 Å². The highest BCUT2D eigenvalue weighted by atomic mass is 32.1. The largest absolute Gasteiger partial charge is 0.480 e. The number of methoxy groups -OCH3 is 1. The Hall–Kier alpha value is -0.970. The second kappa shape index (κ2) is 6.50. The van der Waals surface area contributed by atoms with Crippen molar-refractivity contribution in [1.82, 2.24) is 9.78 Å². The fourth-order valence-corrected chi connectivity index (χ4v) is 1.47. The van der Waals surface area contributed by atoms with E-state index >= 15 is 0 Å². The van der Waals surface area contributed by atoms with Gasteiger partial charge in [0, 0.05) is 18.7 Å². The van der Waals surface area contributed by atoms with Gasteiger partial charge in [0.05, 0.1) is 7.11 Å². The summed E-state index contributed by atoms with van der Waals surface area (Å²) in [5, 5.41) is 4.05. The number of aryl methyl sites for hydroxylation is 1. The average molecular weight is 228 g/mol. The van der Waals surface area contributed by atoms with Crippen molar-refractivity contribution in [2.45, 2.75) is 25.8 Å². The SMILES string of the molecule is COc1ccc(=O)n(CCCCCS)n1. The van der Waals surface area contributed by atoms with E-state index in [-0.39, 0.29) is 5.56 Å². The van der Waals surface area contributed by atoms with Gasteiger partial charge in [-0.2, -0.15) is 12.6 Å². The summed E-state index contributed by atoms with van der Waals surface area (Å²) < 4.78 is 6.40. The first kappa shape index (κ1) is 12.1. The van der Waals surface area contributed by atoms with E-state index in [1.807, 2.05) is 0 Å². The lowest BCUT2D eigenvalue weighted by atomic mass is 10.2. The number of nitrogens with zero attached hydrogens (tertiary/aromatic N) is 2. The Labute approximate surface area is 94.7 Å². The molecule has 0 spiro atoms. The molecule has 0 N–H and O–H groups in total. The molecule has 4 nitrogen and oxygen atoms in total. The van der Waals surface area contributed by atoms with Crippen LogP contribution in [0, 0.1) is 0 Å². The molecule has 1 rings (SSSR count). The molecule has 1 heterocycles. The fraction of sp³-hybridized carbons (Fsp3) is 0.600. The van der Waals surface area contributed by atoms with Gasteiger partial charge >= 0.3 is 0 Å². The minimum Gasteiger partial charge on any atom is -0.480 e. The van der Waals surface area contributed by atoms with Gasteiger partial charge in [-0.1, -0.05) is 6.42 Å². The molecule has 1 aromatic heterocycles. The molecule has 0 unspecified atom stereocenters. The Bertz CT molecular complexity index is 352. The third-order valence-electron chi connectivity index (χ3n) is 2.08. The molecule has 0 saturated carbocycles. The molecule has 0 aliphatic carbocycles. The maximum atomic E-state index is 11.4. The number of rotatable bonds is 6. The molecule has 0 radical (unpaired) electrons.